The van der Waals surface area contributed by atoms with Crippen molar-refractivity contribution in [3.8, 4) is 11.5 Å². The van der Waals surface area contributed by atoms with Crippen LogP contribution in [0.5, 0.6) is 11.5 Å². The van der Waals surface area contributed by atoms with Gasteiger partial charge in [0.25, 0.3) is 0 Å². The number of ether oxygens (including phenoxy) is 2. The number of nitrogens with zero attached hydrogens (tertiary/aromatic N) is 1. The average Bonchev–Trinajstić information content (AvgIpc) is 2.78. The van der Waals surface area contributed by atoms with Crippen LogP contribution in [0.2, 0.25) is 0 Å². The molecule has 2 aromatic rings. The first-order valence-corrected chi connectivity index (χ1v) is 8.24. The molecule has 1 aliphatic heterocycles. The maximum atomic E-state index is 5.68. The number of hydrogen-bond donors (Lipinski definition) is 0. The molecule has 0 fully saturated rings. The minimum atomic E-state index is 0.706. The van der Waals surface area contributed by atoms with Crippen LogP contribution in [0, 0.1) is 0 Å². The monoisotopic (exact) mass is 359 g/mol. The minimum Gasteiger partial charge on any atom is -0.490 e. The Labute approximate surface area is 139 Å². The molecule has 22 heavy (non-hydrogen) atoms. The lowest BCUT2D eigenvalue weighted by Crippen LogP contribution is -1.97. The fraction of sp³-hybridized carbons (Fsp3) is 0.278. The van der Waals surface area contributed by atoms with Gasteiger partial charge in [0.1, 0.15) is 0 Å². The highest BCUT2D eigenvalue weighted by Crippen LogP contribution is 2.29. The topological polar surface area (TPSA) is 30.8 Å². The standard InChI is InChI=1S/C18H18BrNO2/c19-16-5-2-14(3-6-16)8-9-20-13-15-4-7-17-18(12-15)22-11-1-10-21-17/h2-7,12-13H,1,8-11H2. The summed E-state index contributed by atoms with van der Waals surface area (Å²) in [5.41, 5.74) is 2.33. The van der Waals surface area contributed by atoms with Gasteiger partial charge in [-0.2, -0.15) is 0 Å². The van der Waals surface area contributed by atoms with Gasteiger partial charge in [0.2, 0.25) is 0 Å². The molecule has 3 nitrogen and oxygen atoms in total. The van der Waals surface area contributed by atoms with E-state index in [1.165, 1.54) is 5.56 Å². The van der Waals surface area contributed by atoms with Crippen molar-refractivity contribution in [3.63, 3.8) is 0 Å². The van der Waals surface area contributed by atoms with Crippen LogP contribution in [-0.2, 0) is 6.42 Å². The Kier molecular flexibility index (Phi) is 5.11. The molecule has 0 unspecified atom stereocenters. The van der Waals surface area contributed by atoms with Gasteiger partial charge in [-0.15, -0.1) is 0 Å². The van der Waals surface area contributed by atoms with Gasteiger partial charge in [0.05, 0.1) is 13.2 Å². The third kappa shape index (κ3) is 4.10. The zero-order chi connectivity index (χ0) is 15.2. The van der Waals surface area contributed by atoms with E-state index in [0.717, 1.165) is 40.9 Å². The third-order valence-electron chi connectivity index (χ3n) is 3.45. The van der Waals surface area contributed by atoms with Gasteiger partial charge in [0, 0.05) is 23.7 Å². The summed E-state index contributed by atoms with van der Waals surface area (Å²) >= 11 is 3.44. The van der Waals surface area contributed by atoms with Gasteiger partial charge in [-0.3, -0.25) is 4.99 Å². The molecule has 1 aliphatic rings. The van der Waals surface area contributed by atoms with E-state index in [-0.39, 0.29) is 0 Å². The molecular formula is C18H18BrNO2. The molecule has 2 aromatic carbocycles. The van der Waals surface area contributed by atoms with E-state index in [1.54, 1.807) is 0 Å². The van der Waals surface area contributed by atoms with Crippen molar-refractivity contribution in [1.29, 1.82) is 0 Å². The summed E-state index contributed by atoms with van der Waals surface area (Å²) in [7, 11) is 0. The fourth-order valence-electron chi connectivity index (χ4n) is 2.27. The summed E-state index contributed by atoms with van der Waals surface area (Å²) in [5.74, 6) is 1.64. The molecule has 4 heteroatoms. The van der Waals surface area contributed by atoms with E-state index in [4.69, 9.17) is 9.47 Å². The third-order valence-corrected chi connectivity index (χ3v) is 3.98. The van der Waals surface area contributed by atoms with Crippen molar-refractivity contribution < 1.29 is 9.47 Å². The molecule has 0 radical (unpaired) electrons. The van der Waals surface area contributed by atoms with Crippen molar-refractivity contribution >= 4 is 22.1 Å². The van der Waals surface area contributed by atoms with Crippen LogP contribution in [0.1, 0.15) is 17.5 Å². The summed E-state index contributed by atoms with van der Waals surface area (Å²) < 4.78 is 12.4. The Hall–Kier alpha value is -1.81. The first-order chi connectivity index (χ1) is 10.8. The van der Waals surface area contributed by atoms with Gasteiger partial charge in [-0.1, -0.05) is 28.1 Å². The molecular weight excluding hydrogens is 342 g/mol. The van der Waals surface area contributed by atoms with Crippen molar-refractivity contribution in [1.82, 2.24) is 0 Å². The van der Waals surface area contributed by atoms with E-state index >= 15 is 0 Å². The predicted octanol–water partition coefficient (Wildman–Crippen LogP) is 4.27. The molecule has 0 bridgehead atoms. The van der Waals surface area contributed by atoms with Crippen molar-refractivity contribution in [2.75, 3.05) is 19.8 Å². The minimum absolute atomic E-state index is 0.706. The maximum absolute atomic E-state index is 5.68. The maximum Gasteiger partial charge on any atom is 0.161 e. The van der Waals surface area contributed by atoms with Crippen molar-refractivity contribution in [2.24, 2.45) is 4.99 Å². The second-order valence-corrected chi connectivity index (χ2v) is 6.08. The number of aliphatic imine (C=N–C) groups is 1. The second-order valence-electron chi connectivity index (χ2n) is 5.17. The first kappa shape index (κ1) is 15.1. The Morgan fingerprint density at radius 2 is 1.77 bits per heavy atom. The summed E-state index contributed by atoms with van der Waals surface area (Å²) in [4.78, 5) is 4.50. The van der Waals surface area contributed by atoms with Gasteiger partial charge >= 0.3 is 0 Å². The van der Waals surface area contributed by atoms with Gasteiger partial charge in [-0.05, 0) is 47.9 Å². The Bertz CT molecular complexity index is 653. The largest absolute Gasteiger partial charge is 0.490 e. The van der Waals surface area contributed by atoms with Crippen LogP contribution < -0.4 is 9.47 Å². The lowest BCUT2D eigenvalue weighted by molar-refractivity contribution is 0.297. The summed E-state index contributed by atoms with van der Waals surface area (Å²) in [6, 6.07) is 14.3. The average molecular weight is 360 g/mol. The zero-order valence-corrected chi connectivity index (χ0v) is 13.9. The highest BCUT2D eigenvalue weighted by molar-refractivity contribution is 9.10. The molecule has 0 spiro atoms. The van der Waals surface area contributed by atoms with E-state index in [0.29, 0.717) is 13.2 Å². The number of benzene rings is 2. The van der Waals surface area contributed by atoms with Crippen LogP contribution in [0.25, 0.3) is 0 Å². The number of rotatable bonds is 4. The van der Waals surface area contributed by atoms with E-state index in [1.807, 2.05) is 24.4 Å². The van der Waals surface area contributed by atoms with Crippen LogP contribution in [-0.4, -0.2) is 26.0 Å². The van der Waals surface area contributed by atoms with E-state index in [2.05, 4.69) is 45.2 Å². The van der Waals surface area contributed by atoms with Crippen molar-refractivity contribution in [3.05, 3.63) is 58.1 Å². The molecule has 0 amide bonds. The summed E-state index contributed by atoms with van der Waals surface area (Å²) in [6.07, 6.45) is 3.76. The normalized spacial score (nSPS) is 14.0. The van der Waals surface area contributed by atoms with Crippen LogP contribution in [0.15, 0.2) is 51.9 Å². The van der Waals surface area contributed by atoms with Crippen molar-refractivity contribution in [2.45, 2.75) is 12.8 Å². The lowest BCUT2D eigenvalue weighted by atomic mass is 10.1. The highest BCUT2D eigenvalue weighted by atomic mass is 79.9. The van der Waals surface area contributed by atoms with Gasteiger partial charge < -0.3 is 9.47 Å². The van der Waals surface area contributed by atoms with E-state index < -0.39 is 0 Å². The number of hydrogen-bond acceptors (Lipinski definition) is 3. The second kappa shape index (κ2) is 7.45. The Balaban J connectivity index is 1.58. The molecule has 114 valence electrons. The quantitative estimate of drug-likeness (QED) is 0.763. The predicted molar refractivity (Wildman–Crippen MR) is 92.4 cm³/mol. The van der Waals surface area contributed by atoms with E-state index in [9.17, 15) is 0 Å². The molecule has 0 atom stereocenters. The summed E-state index contributed by atoms with van der Waals surface area (Å²) in [5, 5.41) is 0. The van der Waals surface area contributed by atoms with Crippen LogP contribution in [0.4, 0.5) is 0 Å². The molecule has 0 saturated heterocycles. The highest BCUT2D eigenvalue weighted by Gasteiger charge is 2.09. The first-order valence-electron chi connectivity index (χ1n) is 7.45. The Morgan fingerprint density at radius 3 is 2.59 bits per heavy atom. The van der Waals surface area contributed by atoms with Gasteiger partial charge in [0.15, 0.2) is 11.5 Å². The Morgan fingerprint density at radius 1 is 1.00 bits per heavy atom. The molecule has 0 aromatic heterocycles. The van der Waals surface area contributed by atoms with Gasteiger partial charge in [-0.25, -0.2) is 0 Å². The molecule has 0 N–H and O–H groups in total. The smallest absolute Gasteiger partial charge is 0.161 e. The SMILES string of the molecule is Brc1ccc(CCN=Cc2ccc3c(c2)OCCCO3)cc1. The lowest BCUT2D eigenvalue weighted by Gasteiger charge is -2.07. The fourth-order valence-corrected chi connectivity index (χ4v) is 2.54. The number of fused-ring (bicyclic) bond motifs is 1. The molecule has 3 rings (SSSR count). The molecule has 0 saturated carbocycles. The van der Waals surface area contributed by atoms with Crippen LogP contribution in [0.3, 0.4) is 0 Å². The molecule has 0 aliphatic carbocycles. The number of halogens is 1. The van der Waals surface area contributed by atoms with Crippen LogP contribution >= 0.6 is 15.9 Å². The molecule has 1 heterocycles. The zero-order valence-electron chi connectivity index (χ0n) is 12.3. The summed E-state index contributed by atoms with van der Waals surface area (Å²) in [6.45, 7) is 2.20.